The van der Waals surface area contributed by atoms with Crippen molar-refractivity contribution >= 4 is 16.6 Å². The van der Waals surface area contributed by atoms with Crippen LogP contribution in [-0.2, 0) is 4.74 Å². The molecule has 3 rings (SSSR count). The SMILES string of the molecule is Nc1ccc2nc(OCC3CCCO3)ccc2c1. The van der Waals surface area contributed by atoms with Gasteiger partial charge in [0.05, 0.1) is 11.6 Å². The first-order chi connectivity index (χ1) is 8.81. The minimum Gasteiger partial charge on any atom is -0.475 e. The molecule has 0 saturated carbocycles. The highest BCUT2D eigenvalue weighted by molar-refractivity contribution is 5.82. The summed E-state index contributed by atoms with van der Waals surface area (Å²) in [6, 6.07) is 9.51. The van der Waals surface area contributed by atoms with Gasteiger partial charge >= 0.3 is 0 Å². The van der Waals surface area contributed by atoms with Gasteiger partial charge in [0.25, 0.3) is 0 Å². The second-order valence-electron chi connectivity index (χ2n) is 4.55. The largest absolute Gasteiger partial charge is 0.475 e. The Morgan fingerprint density at radius 1 is 1.33 bits per heavy atom. The van der Waals surface area contributed by atoms with E-state index in [1.807, 2.05) is 30.3 Å². The number of hydrogen-bond donors (Lipinski definition) is 1. The smallest absolute Gasteiger partial charge is 0.213 e. The third-order valence-corrected chi connectivity index (χ3v) is 3.13. The van der Waals surface area contributed by atoms with Crippen LogP contribution in [0.25, 0.3) is 10.9 Å². The first kappa shape index (κ1) is 11.3. The van der Waals surface area contributed by atoms with Crippen molar-refractivity contribution in [3.63, 3.8) is 0 Å². The Hall–Kier alpha value is -1.81. The molecular formula is C14H16N2O2. The third-order valence-electron chi connectivity index (χ3n) is 3.13. The van der Waals surface area contributed by atoms with Gasteiger partial charge in [-0.15, -0.1) is 0 Å². The molecule has 4 heteroatoms. The summed E-state index contributed by atoms with van der Waals surface area (Å²) >= 11 is 0. The normalized spacial score (nSPS) is 19.2. The van der Waals surface area contributed by atoms with Crippen LogP contribution in [0.3, 0.4) is 0 Å². The molecule has 0 bridgehead atoms. The molecular weight excluding hydrogens is 228 g/mol. The highest BCUT2D eigenvalue weighted by Crippen LogP contribution is 2.20. The fourth-order valence-corrected chi connectivity index (χ4v) is 2.16. The maximum Gasteiger partial charge on any atom is 0.213 e. The number of pyridine rings is 1. The first-order valence-electron chi connectivity index (χ1n) is 6.22. The molecule has 0 spiro atoms. The molecule has 2 N–H and O–H groups in total. The Morgan fingerprint density at radius 3 is 3.11 bits per heavy atom. The molecule has 1 saturated heterocycles. The zero-order chi connectivity index (χ0) is 12.4. The molecule has 94 valence electrons. The number of hydrogen-bond acceptors (Lipinski definition) is 4. The second-order valence-corrected chi connectivity index (χ2v) is 4.55. The lowest BCUT2D eigenvalue weighted by Crippen LogP contribution is -2.16. The predicted molar refractivity (Wildman–Crippen MR) is 70.6 cm³/mol. The average Bonchev–Trinajstić information content (AvgIpc) is 2.89. The van der Waals surface area contributed by atoms with E-state index >= 15 is 0 Å². The van der Waals surface area contributed by atoms with Crippen LogP contribution in [0.4, 0.5) is 5.69 Å². The van der Waals surface area contributed by atoms with Crippen molar-refractivity contribution in [2.45, 2.75) is 18.9 Å². The third kappa shape index (κ3) is 2.38. The molecule has 2 aromatic rings. The van der Waals surface area contributed by atoms with Crippen LogP contribution in [-0.4, -0.2) is 24.3 Å². The van der Waals surface area contributed by atoms with Crippen LogP contribution in [0.15, 0.2) is 30.3 Å². The maximum absolute atomic E-state index is 5.73. The number of aromatic nitrogens is 1. The van der Waals surface area contributed by atoms with Crippen molar-refractivity contribution in [3.05, 3.63) is 30.3 Å². The monoisotopic (exact) mass is 244 g/mol. The van der Waals surface area contributed by atoms with Gasteiger partial charge in [0.15, 0.2) is 0 Å². The molecule has 2 heterocycles. The summed E-state index contributed by atoms with van der Waals surface area (Å²) in [4.78, 5) is 4.44. The van der Waals surface area contributed by atoms with Crippen LogP contribution >= 0.6 is 0 Å². The molecule has 18 heavy (non-hydrogen) atoms. The first-order valence-corrected chi connectivity index (χ1v) is 6.22. The van der Waals surface area contributed by atoms with Gasteiger partial charge in [0.1, 0.15) is 6.61 Å². The number of fused-ring (bicyclic) bond motifs is 1. The van der Waals surface area contributed by atoms with E-state index in [4.69, 9.17) is 15.2 Å². The second kappa shape index (κ2) is 4.82. The minimum absolute atomic E-state index is 0.217. The quantitative estimate of drug-likeness (QED) is 0.842. The Labute approximate surface area is 106 Å². The van der Waals surface area contributed by atoms with Crippen LogP contribution < -0.4 is 10.5 Å². The Kier molecular flexibility index (Phi) is 3.02. The van der Waals surface area contributed by atoms with Crippen LogP contribution in [0.2, 0.25) is 0 Å². The standard InChI is InChI=1S/C14H16N2O2/c15-11-4-5-13-10(8-11)3-6-14(16-13)18-9-12-2-1-7-17-12/h3-6,8,12H,1-2,7,9,15H2. The lowest BCUT2D eigenvalue weighted by atomic mass is 10.2. The summed E-state index contributed by atoms with van der Waals surface area (Å²) in [5, 5.41) is 1.03. The molecule has 1 fully saturated rings. The summed E-state index contributed by atoms with van der Waals surface area (Å²) in [5.41, 5.74) is 7.37. The van der Waals surface area contributed by atoms with Gasteiger partial charge in [-0.25, -0.2) is 4.98 Å². The van der Waals surface area contributed by atoms with Crippen molar-refractivity contribution in [1.82, 2.24) is 4.98 Å². The lowest BCUT2D eigenvalue weighted by molar-refractivity contribution is 0.0665. The molecule has 1 aliphatic rings. The fraction of sp³-hybridized carbons (Fsp3) is 0.357. The minimum atomic E-state index is 0.217. The van der Waals surface area contributed by atoms with Gasteiger partial charge in [-0.05, 0) is 37.1 Å². The highest BCUT2D eigenvalue weighted by atomic mass is 16.5. The topological polar surface area (TPSA) is 57.4 Å². The van der Waals surface area contributed by atoms with E-state index in [0.717, 1.165) is 36.0 Å². The van der Waals surface area contributed by atoms with E-state index in [1.54, 1.807) is 0 Å². The number of benzene rings is 1. The van der Waals surface area contributed by atoms with Gasteiger partial charge in [-0.3, -0.25) is 0 Å². The van der Waals surface area contributed by atoms with Gasteiger partial charge < -0.3 is 15.2 Å². The molecule has 1 atom stereocenters. The van der Waals surface area contributed by atoms with Crippen LogP contribution in [0.5, 0.6) is 5.88 Å². The maximum atomic E-state index is 5.73. The molecule has 1 aromatic heterocycles. The number of anilines is 1. The lowest BCUT2D eigenvalue weighted by Gasteiger charge is -2.11. The van der Waals surface area contributed by atoms with E-state index in [2.05, 4.69) is 4.98 Å². The number of rotatable bonds is 3. The molecule has 1 unspecified atom stereocenters. The van der Waals surface area contributed by atoms with E-state index in [0.29, 0.717) is 12.5 Å². The summed E-state index contributed by atoms with van der Waals surface area (Å²) in [5.74, 6) is 0.641. The van der Waals surface area contributed by atoms with Crippen molar-refractivity contribution in [2.24, 2.45) is 0 Å². The van der Waals surface area contributed by atoms with Crippen molar-refractivity contribution in [1.29, 1.82) is 0 Å². The van der Waals surface area contributed by atoms with Gasteiger partial charge in [-0.1, -0.05) is 0 Å². The van der Waals surface area contributed by atoms with Crippen molar-refractivity contribution in [3.8, 4) is 5.88 Å². The number of nitrogens with zero attached hydrogens (tertiary/aromatic N) is 1. The van der Waals surface area contributed by atoms with E-state index in [-0.39, 0.29) is 6.10 Å². The molecule has 0 amide bonds. The summed E-state index contributed by atoms with van der Waals surface area (Å²) in [7, 11) is 0. The van der Waals surface area contributed by atoms with Gasteiger partial charge in [0, 0.05) is 23.7 Å². The zero-order valence-corrected chi connectivity index (χ0v) is 10.1. The molecule has 0 aliphatic carbocycles. The zero-order valence-electron chi connectivity index (χ0n) is 10.1. The van der Waals surface area contributed by atoms with Crippen LogP contribution in [0, 0.1) is 0 Å². The molecule has 1 aliphatic heterocycles. The van der Waals surface area contributed by atoms with E-state index in [1.165, 1.54) is 0 Å². The predicted octanol–water partition coefficient (Wildman–Crippen LogP) is 2.37. The van der Waals surface area contributed by atoms with Crippen LogP contribution in [0.1, 0.15) is 12.8 Å². The fourth-order valence-electron chi connectivity index (χ4n) is 2.16. The highest BCUT2D eigenvalue weighted by Gasteiger charge is 2.16. The average molecular weight is 244 g/mol. The number of ether oxygens (including phenoxy) is 2. The number of nitrogens with two attached hydrogens (primary N) is 1. The van der Waals surface area contributed by atoms with Gasteiger partial charge in [-0.2, -0.15) is 0 Å². The summed E-state index contributed by atoms with van der Waals surface area (Å²) in [6.07, 6.45) is 2.41. The number of nitrogen functional groups attached to an aromatic ring is 1. The molecule has 4 nitrogen and oxygen atoms in total. The van der Waals surface area contributed by atoms with Crippen molar-refractivity contribution < 1.29 is 9.47 Å². The van der Waals surface area contributed by atoms with E-state index in [9.17, 15) is 0 Å². The summed E-state index contributed by atoms with van der Waals surface area (Å²) in [6.45, 7) is 1.42. The Balaban J connectivity index is 1.74. The van der Waals surface area contributed by atoms with E-state index < -0.39 is 0 Å². The Bertz CT molecular complexity index is 550. The molecule has 1 aromatic carbocycles. The summed E-state index contributed by atoms with van der Waals surface area (Å²) < 4.78 is 11.2. The Morgan fingerprint density at radius 2 is 2.28 bits per heavy atom. The van der Waals surface area contributed by atoms with Gasteiger partial charge in [0.2, 0.25) is 5.88 Å². The van der Waals surface area contributed by atoms with Crippen molar-refractivity contribution in [2.75, 3.05) is 18.9 Å². The molecule has 0 radical (unpaired) electrons.